The number of halogens is 2. The third kappa shape index (κ3) is 4.82. The zero-order valence-corrected chi connectivity index (χ0v) is 19.8. The van der Waals surface area contributed by atoms with Gasteiger partial charge in [0.25, 0.3) is 0 Å². The fourth-order valence-electron chi connectivity index (χ4n) is 2.56. The van der Waals surface area contributed by atoms with Gasteiger partial charge in [-0.1, -0.05) is 0 Å². The average Bonchev–Trinajstić information content (AvgIpc) is 2.51. The number of nitrogens with one attached hydrogen (secondary N) is 1. The number of hydrogen-bond acceptors (Lipinski definition) is 1. The molecule has 1 aliphatic rings. The van der Waals surface area contributed by atoms with Crippen molar-refractivity contribution in [3.05, 3.63) is 20.0 Å². The van der Waals surface area contributed by atoms with E-state index in [0.29, 0.717) is 12.3 Å². The van der Waals surface area contributed by atoms with Gasteiger partial charge in [-0.05, 0) is 0 Å². The van der Waals surface area contributed by atoms with Gasteiger partial charge in [0.1, 0.15) is 0 Å². The van der Waals surface area contributed by atoms with Crippen LogP contribution in [-0.2, 0) is 25.7 Å². The first-order chi connectivity index (χ1) is 8.31. The maximum absolute atomic E-state index is 11.8. The Hall–Kier alpha value is 0.617. The molecule has 0 saturated carbocycles. The second-order valence-electron chi connectivity index (χ2n) is 5.54. The topological polar surface area (TPSA) is 29.1 Å². The zero-order chi connectivity index (χ0) is 14.0. The summed E-state index contributed by atoms with van der Waals surface area (Å²) >= 11 is -2.08. The molecule has 1 amide bonds. The molecule has 6 heteroatoms. The van der Waals surface area contributed by atoms with Crippen molar-refractivity contribution in [1.82, 2.24) is 3.30 Å². The van der Waals surface area contributed by atoms with E-state index in [2.05, 4.69) is 44.1 Å². The molecule has 115 valence electrons. The van der Waals surface area contributed by atoms with Gasteiger partial charge < -0.3 is 24.8 Å². The molecular formula is C14H26Cl2HfNOSi. The third-order valence-electron chi connectivity index (χ3n) is 4.10. The Labute approximate surface area is 145 Å². The van der Waals surface area contributed by atoms with E-state index in [9.17, 15) is 4.79 Å². The molecule has 0 aromatic heterocycles. The average molecular weight is 502 g/mol. The second-order valence-corrected chi connectivity index (χ2v) is 30.8. The van der Waals surface area contributed by atoms with Crippen LogP contribution in [0, 0.1) is 5.92 Å². The Bertz CT molecular complexity index is 421. The fraction of sp³-hybridized carbons (Fsp3) is 0.643. The normalized spacial score (nSPS) is 17.9. The van der Waals surface area contributed by atoms with Gasteiger partial charge in [0.05, 0.1) is 0 Å². The first-order valence-electron chi connectivity index (χ1n) is 6.86. The van der Waals surface area contributed by atoms with Gasteiger partial charge in [0.2, 0.25) is 0 Å². The van der Waals surface area contributed by atoms with Gasteiger partial charge in [0, 0.05) is 0 Å². The van der Waals surface area contributed by atoms with E-state index < -0.39 is 26.9 Å². The molecule has 1 aliphatic carbocycles. The van der Waals surface area contributed by atoms with Crippen LogP contribution in [0.15, 0.2) is 20.0 Å². The van der Waals surface area contributed by atoms with Crippen molar-refractivity contribution in [2.45, 2.75) is 54.1 Å². The summed E-state index contributed by atoms with van der Waals surface area (Å²) in [7, 11) is 0. The van der Waals surface area contributed by atoms with Crippen LogP contribution >= 0.6 is 0 Å². The van der Waals surface area contributed by atoms with Gasteiger partial charge >= 0.3 is 121 Å². The summed E-state index contributed by atoms with van der Waals surface area (Å²) in [4.78, 5) is 11.8. The smallest absolute Gasteiger partial charge is 1.00 e. The zero-order valence-electron chi connectivity index (χ0n) is 13.5. The number of amides is 1. The number of hydrogen-bond donors (Lipinski definition) is 1. The van der Waals surface area contributed by atoms with Crippen LogP contribution < -0.4 is 28.1 Å². The molecule has 1 N–H and O–H groups in total. The molecule has 0 bridgehead atoms. The van der Waals surface area contributed by atoms with Crippen molar-refractivity contribution in [3.63, 3.8) is 0 Å². The monoisotopic (exact) mass is 502 g/mol. The summed E-state index contributed by atoms with van der Waals surface area (Å²) < 4.78 is 5.14. The summed E-state index contributed by atoms with van der Waals surface area (Å²) in [5.74, 6) is 0.110. The summed E-state index contributed by atoms with van der Waals surface area (Å²) in [5, 5.41) is 0. The van der Waals surface area contributed by atoms with Crippen LogP contribution in [0.4, 0.5) is 0 Å². The van der Waals surface area contributed by atoms with Crippen molar-refractivity contribution in [2.75, 3.05) is 0 Å². The van der Waals surface area contributed by atoms with Gasteiger partial charge in [-0.2, -0.15) is 0 Å². The predicted molar refractivity (Wildman–Crippen MR) is 77.5 cm³/mol. The fourth-order valence-corrected chi connectivity index (χ4v) is 25.2. The van der Waals surface area contributed by atoms with Crippen LogP contribution in [0.2, 0.25) is 13.1 Å². The van der Waals surface area contributed by atoms with Gasteiger partial charge in [0.15, 0.2) is 0 Å². The molecule has 1 rings (SSSR count). The Morgan fingerprint density at radius 2 is 1.70 bits per heavy atom. The molecule has 1 unspecified atom stereocenters. The van der Waals surface area contributed by atoms with E-state index in [1.54, 1.807) is 3.33 Å². The molecule has 0 aromatic rings. The Morgan fingerprint density at radius 1 is 1.20 bits per heavy atom. The largest absolute Gasteiger partial charge is 1.00 e. The first kappa shape index (κ1) is 22.9. The van der Waals surface area contributed by atoms with Gasteiger partial charge in [-0.3, -0.25) is 0 Å². The molecule has 0 saturated heterocycles. The molecule has 0 heterocycles. The van der Waals surface area contributed by atoms with E-state index in [1.807, 2.05) is 6.92 Å². The first-order valence-corrected chi connectivity index (χ1v) is 19.6. The Morgan fingerprint density at radius 3 is 2.00 bits per heavy atom. The van der Waals surface area contributed by atoms with Crippen LogP contribution in [0.25, 0.3) is 0 Å². The predicted octanol–water partition coefficient (Wildman–Crippen LogP) is -2.70. The molecule has 0 aliphatic heterocycles. The van der Waals surface area contributed by atoms with Crippen molar-refractivity contribution >= 4 is 11.9 Å². The van der Waals surface area contributed by atoms with Gasteiger partial charge in [-0.25, -0.2) is 0 Å². The van der Waals surface area contributed by atoms with E-state index in [-0.39, 0.29) is 30.7 Å². The second kappa shape index (κ2) is 9.60. The van der Waals surface area contributed by atoms with Crippen LogP contribution in [0.1, 0.15) is 41.0 Å². The van der Waals surface area contributed by atoms with Crippen molar-refractivity contribution in [2.24, 2.45) is 5.92 Å². The number of allylic oxidation sites excluding steroid dienone is 4. The number of rotatable bonds is 4. The molecule has 0 radical (unpaired) electrons. The summed E-state index contributed by atoms with van der Waals surface area (Å²) in [6, 6.07) is 0. The number of carbonyl (C=O) groups excluding carboxylic acids is 1. The molecule has 0 spiro atoms. The molecule has 1 atom stereocenters. The SMILES string of the molecule is CCC(=O)[NH][Hf+2]([C]1=C(C)C(C)=C(C)C1C)[SiH](C)C.[Cl-].[Cl-]. The minimum absolute atomic E-state index is 0. The third-order valence-corrected chi connectivity index (χ3v) is 28.4. The Kier molecular flexibility index (Phi) is 11.0. The summed E-state index contributed by atoms with van der Waals surface area (Å²) in [6.07, 6.45) is 0.626. The van der Waals surface area contributed by atoms with Crippen LogP contribution in [-0.4, -0.2) is 11.9 Å². The minimum atomic E-state index is -2.08. The minimum Gasteiger partial charge on any atom is -1.00 e. The van der Waals surface area contributed by atoms with Crippen molar-refractivity contribution in [3.8, 4) is 0 Å². The molecule has 2 nitrogen and oxygen atoms in total. The maximum atomic E-state index is 11.8. The van der Waals surface area contributed by atoms with Crippen LogP contribution in [0.5, 0.6) is 0 Å². The van der Waals surface area contributed by atoms with Gasteiger partial charge in [-0.15, -0.1) is 0 Å². The standard InChI is InChI=1S/C9H13.C3H7NO.C2H7Si.2ClH.Hf/c1-6-5-7(2)9(4)8(6)3;1-2-3(4)5;1-3-2;;;/h6H,1-4H3;2H2,1H3,(H2,4,5);3H,1-2H3;2*1H;/q;;;;;+3/p-3. The van der Waals surface area contributed by atoms with E-state index in [1.165, 1.54) is 16.7 Å². The number of carbonyl (C=O) groups is 1. The van der Waals surface area contributed by atoms with E-state index in [4.69, 9.17) is 0 Å². The van der Waals surface area contributed by atoms with Crippen molar-refractivity contribution in [1.29, 1.82) is 0 Å². The van der Waals surface area contributed by atoms with E-state index in [0.717, 1.165) is 0 Å². The summed E-state index contributed by atoms with van der Waals surface area (Å²) in [5.41, 5.74) is 4.49. The summed E-state index contributed by atoms with van der Waals surface area (Å²) in [6.45, 7) is 15.8. The van der Waals surface area contributed by atoms with E-state index >= 15 is 0 Å². The van der Waals surface area contributed by atoms with Crippen LogP contribution in [0.3, 0.4) is 0 Å². The molecule has 0 fully saturated rings. The molecular weight excluding hydrogens is 476 g/mol. The molecule has 20 heavy (non-hydrogen) atoms. The Balaban J connectivity index is 0. The maximum Gasteiger partial charge on any atom is -1.00 e. The van der Waals surface area contributed by atoms with Crippen molar-refractivity contribution < 1.29 is 50.5 Å². The quantitative estimate of drug-likeness (QED) is 0.418. The molecule has 0 aromatic carbocycles.